The van der Waals surface area contributed by atoms with Crippen LogP contribution >= 0.6 is 11.6 Å². The van der Waals surface area contributed by atoms with E-state index in [2.05, 4.69) is 10.6 Å². The van der Waals surface area contributed by atoms with Crippen LogP contribution in [-0.4, -0.2) is 31.0 Å². The number of halogens is 1. The van der Waals surface area contributed by atoms with Crippen LogP contribution in [0.5, 0.6) is 0 Å². The van der Waals surface area contributed by atoms with Gasteiger partial charge in [0.05, 0.1) is 23.1 Å². The molecular formula is C19H23ClN3O3+. The van der Waals surface area contributed by atoms with E-state index in [-0.39, 0.29) is 6.42 Å². The number of carbonyl (C=O) groups is 2. The SMILES string of the molecule is O=C(C[C@H]([NH2+]CC[NH2+]Cc1ccccc1)C(=O)[O-])Nc1ccccc1Cl. The number of hydrogen-bond donors (Lipinski definition) is 3. The summed E-state index contributed by atoms with van der Waals surface area (Å²) >= 11 is 5.98. The number of carboxylic acids is 1. The topological polar surface area (TPSA) is 102 Å². The van der Waals surface area contributed by atoms with E-state index in [0.717, 1.165) is 13.1 Å². The first-order valence-corrected chi connectivity index (χ1v) is 8.88. The number of carbonyl (C=O) groups excluding carboxylic acids is 2. The van der Waals surface area contributed by atoms with E-state index in [9.17, 15) is 14.7 Å². The average molecular weight is 377 g/mol. The molecule has 0 heterocycles. The summed E-state index contributed by atoms with van der Waals surface area (Å²) in [5.41, 5.74) is 1.68. The number of quaternary nitrogens is 2. The minimum atomic E-state index is -1.25. The first-order chi connectivity index (χ1) is 12.6. The molecule has 5 N–H and O–H groups in total. The Labute approximate surface area is 157 Å². The molecule has 0 bridgehead atoms. The highest BCUT2D eigenvalue weighted by Gasteiger charge is 2.19. The average Bonchev–Trinajstić information content (AvgIpc) is 2.63. The van der Waals surface area contributed by atoms with Gasteiger partial charge in [0.25, 0.3) is 0 Å². The Morgan fingerprint density at radius 3 is 2.42 bits per heavy atom. The molecule has 138 valence electrons. The third kappa shape index (κ3) is 6.84. The second-order valence-corrected chi connectivity index (χ2v) is 6.36. The van der Waals surface area contributed by atoms with Gasteiger partial charge in [0.1, 0.15) is 25.7 Å². The molecule has 6 nitrogen and oxygen atoms in total. The summed E-state index contributed by atoms with van der Waals surface area (Å²) < 4.78 is 0. The van der Waals surface area contributed by atoms with Gasteiger partial charge in [0.15, 0.2) is 0 Å². The maximum absolute atomic E-state index is 12.1. The molecule has 0 aromatic heterocycles. The Balaban J connectivity index is 1.73. The third-order valence-corrected chi connectivity index (χ3v) is 4.23. The second kappa shape index (κ2) is 10.6. The molecule has 1 amide bonds. The Bertz CT molecular complexity index is 725. The van der Waals surface area contributed by atoms with Gasteiger partial charge in [-0.15, -0.1) is 0 Å². The monoisotopic (exact) mass is 376 g/mol. The highest BCUT2D eigenvalue weighted by molar-refractivity contribution is 6.33. The van der Waals surface area contributed by atoms with Crippen LogP contribution in [-0.2, 0) is 16.1 Å². The molecule has 0 spiro atoms. The number of nitrogens with one attached hydrogen (secondary N) is 1. The maximum Gasteiger partial charge on any atom is 0.230 e. The number of benzene rings is 2. The molecule has 26 heavy (non-hydrogen) atoms. The standard InChI is InChI=1S/C19H22ClN3O3/c20-15-8-4-5-9-16(15)23-18(24)12-17(19(25)26)22-11-10-21-13-14-6-2-1-3-7-14/h1-9,17,21-22H,10-13H2,(H,23,24)(H,25,26)/p+1/t17-/m0/s1. The summed E-state index contributed by atoms with van der Waals surface area (Å²) in [6.45, 7) is 2.15. The van der Waals surface area contributed by atoms with E-state index in [1.54, 1.807) is 29.6 Å². The molecule has 0 unspecified atom stereocenters. The highest BCUT2D eigenvalue weighted by atomic mass is 35.5. The predicted octanol–water partition coefficient (Wildman–Crippen LogP) is -0.886. The van der Waals surface area contributed by atoms with Crippen molar-refractivity contribution in [3.8, 4) is 0 Å². The van der Waals surface area contributed by atoms with Crippen molar-refractivity contribution in [3.05, 3.63) is 65.2 Å². The fraction of sp³-hybridized carbons (Fsp3) is 0.263. The largest absolute Gasteiger partial charge is 0.544 e. The fourth-order valence-corrected chi connectivity index (χ4v) is 2.71. The van der Waals surface area contributed by atoms with Crippen LogP contribution in [0.25, 0.3) is 0 Å². The summed E-state index contributed by atoms with van der Waals surface area (Å²) in [6, 6.07) is 15.9. The molecule has 2 aromatic rings. The number of carboxylic acid groups (broad SMARTS) is 1. The van der Waals surface area contributed by atoms with Gasteiger partial charge in [-0.2, -0.15) is 0 Å². The van der Waals surface area contributed by atoms with Gasteiger partial charge in [0, 0.05) is 5.56 Å². The van der Waals surface area contributed by atoms with Gasteiger partial charge in [-0.05, 0) is 12.1 Å². The Morgan fingerprint density at radius 1 is 1.04 bits per heavy atom. The van der Waals surface area contributed by atoms with Gasteiger partial charge < -0.3 is 25.9 Å². The first-order valence-electron chi connectivity index (χ1n) is 8.50. The molecule has 2 rings (SSSR count). The lowest BCUT2D eigenvalue weighted by Crippen LogP contribution is -2.99. The van der Waals surface area contributed by atoms with E-state index in [1.807, 2.05) is 30.3 Å². The number of rotatable bonds is 10. The zero-order chi connectivity index (χ0) is 18.8. The van der Waals surface area contributed by atoms with Crippen LogP contribution in [0.1, 0.15) is 12.0 Å². The van der Waals surface area contributed by atoms with E-state index < -0.39 is 17.9 Å². The van der Waals surface area contributed by atoms with E-state index in [1.165, 1.54) is 5.56 Å². The van der Waals surface area contributed by atoms with Crippen molar-refractivity contribution in [2.45, 2.75) is 19.0 Å². The molecule has 7 heteroatoms. The highest BCUT2D eigenvalue weighted by Crippen LogP contribution is 2.20. The Morgan fingerprint density at radius 2 is 1.73 bits per heavy atom. The smallest absolute Gasteiger partial charge is 0.230 e. The molecule has 0 aliphatic heterocycles. The minimum Gasteiger partial charge on any atom is -0.544 e. The number of aliphatic carboxylic acids is 1. The molecule has 0 aliphatic carbocycles. The third-order valence-electron chi connectivity index (χ3n) is 3.90. The lowest BCUT2D eigenvalue weighted by atomic mass is 10.2. The summed E-state index contributed by atoms with van der Waals surface area (Å²) in [6.07, 6.45) is -0.174. The molecular weight excluding hydrogens is 354 g/mol. The van der Waals surface area contributed by atoms with Gasteiger partial charge in [-0.3, -0.25) is 4.79 Å². The lowest BCUT2D eigenvalue weighted by Gasteiger charge is -2.16. The van der Waals surface area contributed by atoms with Crippen LogP contribution in [0.4, 0.5) is 5.69 Å². The van der Waals surface area contributed by atoms with Gasteiger partial charge in [-0.25, -0.2) is 0 Å². The molecule has 2 aromatic carbocycles. The molecule has 0 radical (unpaired) electrons. The van der Waals surface area contributed by atoms with E-state index in [4.69, 9.17) is 11.6 Å². The van der Waals surface area contributed by atoms with Crippen molar-refractivity contribution >= 4 is 29.2 Å². The van der Waals surface area contributed by atoms with Crippen molar-refractivity contribution in [2.24, 2.45) is 0 Å². The second-order valence-electron chi connectivity index (χ2n) is 5.95. The summed E-state index contributed by atoms with van der Waals surface area (Å²) in [7, 11) is 0. The Kier molecular flexibility index (Phi) is 8.08. The van der Waals surface area contributed by atoms with Crippen LogP contribution < -0.4 is 21.1 Å². The quantitative estimate of drug-likeness (QED) is 0.469. The molecule has 1 atom stereocenters. The minimum absolute atomic E-state index is 0.174. The zero-order valence-electron chi connectivity index (χ0n) is 14.4. The molecule has 0 saturated carbocycles. The van der Waals surface area contributed by atoms with Crippen LogP contribution in [0.15, 0.2) is 54.6 Å². The van der Waals surface area contributed by atoms with Crippen LogP contribution in [0, 0.1) is 0 Å². The Hall–Kier alpha value is -2.41. The van der Waals surface area contributed by atoms with Crippen molar-refractivity contribution in [1.29, 1.82) is 0 Å². The number of para-hydroxylation sites is 1. The van der Waals surface area contributed by atoms with Crippen molar-refractivity contribution in [2.75, 3.05) is 18.4 Å². The number of hydrogen-bond acceptors (Lipinski definition) is 3. The van der Waals surface area contributed by atoms with Gasteiger partial charge in [-0.1, -0.05) is 54.1 Å². The van der Waals surface area contributed by atoms with E-state index in [0.29, 0.717) is 17.3 Å². The van der Waals surface area contributed by atoms with Crippen molar-refractivity contribution < 1.29 is 25.3 Å². The molecule has 0 fully saturated rings. The van der Waals surface area contributed by atoms with Crippen molar-refractivity contribution in [3.63, 3.8) is 0 Å². The summed E-state index contributed by atoms with van der Waals surface area (Å²) in [4.78, 5) is 23.3. The van der Waals surface area contributed by atoms with E-state index >= 15 is 0 Å². The predicted molar refractivity (Wildman–Crippen MR) is 97.2 cm³/mol. The van der Waals surface area contributed by atoms with Gasteiger partial charge >= 0.3 is 0 Å². The van der Waals surface area contributed by atoms with Crippen molar-refractivity contribution in [1.82, 2.24) is 0 Å². The van der Waals surface area contributed by atoms with Crippen LogP contribution in [0.2, 0.25) is 5.02 Å². The first kappa shape index (κ1) is 19.9. The summed E-state index contributed by atoms with van der Waals surface area (Å²) in [5.74, 6) is -1.65. The normalized spacial score (nSPS) is 11.7. The van der Waals surface area contributed by atoms with Gasteiger partial charge in [0.2, 0.25) is 5.91 Å². The number of nitrogens with two attached hydrogens (primary N) is 2. The molecule has 0 aliphatic rings. The maximum atomic E-state index is 12.1. The zero-order valence-corrected chi connectivity index (χ0v) is 15.1. The summed E-state index contributed by atoms with van der Waals surface area (Å²) in [5, 5.41) is 18.0. The number of anilines is 1. The van der Waals surface area contributed by atoms with Crippen LogP contribution in [0.3, 0.4) is 0 Å². The fourth-order valence-electron chi connectivity index (χ4n) is 2.52. The molecule has 0 saturated heterocycles. The lowest BCUT2D eigenvalue weighted by molar-refractivity contribution is -0.742. The number of amides is 1.